The van der Waals surface area contributed by atoms with Gasteiger partial charge in [-0.1, -0.05) is 6.92 Å². The lowest BCUT2D eigenvalue weighted by atomic mass is 9.92. The van der Waals surface area contributed by atoms with E-state index in [0.717, 1.165) is 0 Å². The zero-order valence-corrected chi connectivity index (χ0v) is 8.96. The third-order valence-corrected chi connectivity index (χ3v) is 2.61. The average Bonchev–Trinajstić information content (AvgIpc) is 2.52. The van der Waals surface area contributed by atoms with Crippen LogP contribution in [0.4, 0.5) is 8.78 Å². The number of carbonyl (C=O) groups excluding carboxylic acids is 1. The fraction of sp³-hybridized carbons (Fsp3) is 0.900. The van der Waals surface area contributed by atoms with E-state index in [1.165, 1.54) is 6.92 Å². The van der Waals surface area contributed by atoms with E-state index in [1.54, 1.807) is 0 Å². The molecule has 0 aromatic rings. The van der Waals surface area contributed by atoms with Gasteiger partial charge in [0.1, 0.15) is 0 Å². The Morgan fingerprint density at radius 3 is 2.67 bits per heavy atom. The van der Waals surface area contributed by atoms with Crippen LogP contribution >= 0.6 is 0 Å². The van der Waals surface area contributed by atoms with Crippen LogP contribution in [0.25, 0.3) is 0 Å². The van der Waals surface area contributed by atoms with Gasteiger partial charge in [0.25, 0.3) is 0 Å². The third kappa shape index (κ3) is 3.12. The number of carbonyl (C=O) groups is 1. The van der Waals surface area contributed by atoms with Crippen molar-refractivity contribution in [3.8, 4) is 0 Å². The predicted octanol–water partition coefficient (Wildman–Crippen LogP) is 1.86. The van der Waals surface area contributed by atoms with E-state index in [0.29, 0.717) is 13.2 Å². The molecule has 0 N–H and O–H groups in total. The van der Waals surface area contributed by atoms with Crippen LogP contribution < -0.4 is 0 Å². The Hall–Kier alpha value is -0.710. The lowest BCUT2D eigenvalue weighted by molar-refractivity contribution is -0.174. The summed E-state index contributed by atoms with van der Waals surface area (Å²) in [4.78, 5) is 10.9. The van der Waals surface area contributed by atoms with Gasteiger partial charge < -0.3 is 9.47 Å². The molecule has 88 valence electrons. The maximum atomic E-state index is 13.3. The molecule has 0 spiro atoms. The average molecular weight is 222 g/mol. The third-order valence-electron chi connectivity index (χ3n) is 2.61. The molecule has 0 saturated carbocycles. The van der Waals surface area contributed by atoms with Gasteiger partial charge in [0.15, 0.2) is 0 Å². The molecule has 0 radical (unpaired) electrons. The van der Waals surface area contributed by atoms with Crippen molar-refractivity contribution in [1.82, 2.24) is 0 Å². The minimum atomic E-state index is -3.39. The van der Waals surface area contributed by atoms with Crippen molar-refractivity contribution >= 4 is 5.97 Å². The van der Waals surface area contributed by atoms with Crippen molar-refractivity contribution in [2.75, 3.05) is 19.8 Å². The lowest BCUT2D eigenvalue weighted by Gasteiger charge is -2.19. The fourth-order valence-electron chi connectivity index (χ4n) is 1.62. The largest absolute Gasteiger partial charge is 0.462 e. The molecule has 1 fully saturated rings. The summed E-state index contributed by atoms with van der Waals surface area (Å²) in [6, 6.07) is 0. The molecule has 0 bridgehead atoms. The molecule has 2 unspecified atom stereocenters. The summed E-state index contributed by atoms with van der Waals surface area (Å²) in [6.45, 7) is 4.12. The van der Waals surface area contributed by atoms with Crippen LogP contribution in [-0.4, -0.2) is 31.7 Å². The van der Waals surface area contributed by atoms with Gasteiger partial charge in [-0.3, -0.25) is 0 Å². The normalized spacial score (nSPS) is 26.7. The Balaban J connectivity index is 2.51. The molecule has 1 saturated heterocycles. The highest BCUT2D eigenvalue weighted by atomic mass is 19.3. The number of esters is 1. The summed E-state index contributed by atoms with van der Waals surface area (Å²) in [7, 11) is 0. The van der Waals surface area contributed by atoms with Crippen LogP contribution in [0, 0.1) is 11.8 Å². The Kier molecular flexibility index (Phi) is 4.02. The summed E-state index contributed by atoms with van der Waals surface area (Å²) in [5.74, 6) is -5.00. The van der Waals surface area contributed by atoms with Gasteiger partial charge in [0.05, 0.1) is 6.61 Å². The minimum Gasteiger partial charge on any atom is -0.462 e. The molecule has 3 nitrogen and oxygen atoms in total. The van der Waals surface area contributed by atoms with Crippen LogP contribution in [0.1, 0.15) is 20.3 Å². The molecule has 2 atom stereocenters. The second-order valence-electron chi connectivity index (χ2n) is 3.90. The number of halogens is 2. The van der Waals surface area contributed by atoms with Gasteiger partial charge in [-0.05, 0) is 18.8 Å². The van der Waals surface area contributed by atoms with E-state index in [2.05, 4.69) is 4.74 Å². The zero-order chi connectivity index (χ0) is 11.5. The highest BCUT2D eigenvalue weighted by Gasteiger charge is 2.44. The molecular formula is C10H16F2O3. The van der Waals surface area contributed by atoms with Crippen molar-refractivity contribution in [2.24, 2.45) is 11.8 Å². The highest BCUT2D eigenvalue weighted by Crippen LogP contribution is 2.32. The van der Waals surface area contributed by atoms with Crippen molar-refractivity contribution < 1.29 is 23.0 Å². The molecule has 1 aliphatic heterocycles. The number of hydrogen-bond donors (Lipinski definition) is 0. The second kappa shape index (κ2) is 4.88. The van der Waals surface area contributed by atoms with Crippen LogP contribution in [0.5, 0.6) is 0 Å². The van der Waals surface area contributed by atoms with Crippen LogP contribution in [0.3, 0.4) is 0 Å². The molecule has 0 aromatic heterocycles. The molecule has 0 aliphatic carbocycles. The van der Waals surface area contributed by atoms with Gasteiger partial charge in [-0.15, -0.1) is 0 Å². The lowest BCUT2D eigenvalue weighted by Crippen LogP contribution is -2.34. The van der Waals surface area contributed by atoms with E-state index in [1.807, 2.05) is 6.92 Å². The monoisotopic (exact) mass is 222 g/mol. The quantitative estimate of drug-likeness (QED) is 0.681. The molecule has 1 rings (SSSR count). The second-order valence-corrected chi connectivity index (χ2v) is 3.90. The molecule has 15 heavy (non-hydrogen) atoms. The van der Waals surface area contributed by atoms with Crippen LogP contribution in [0.15, 0.2) is 0 Å². The summed E-state index contributed by atoms with van der Waals surface area (Å²) in [5.41, 5.74) is 0. The summed E-state index contributed by atoms with van der Waals surface area (Å²) >= 11 is 0. The van der Waals surface area contributed by atoms with Crippen molar-refractivity contribution in [3.05, 3.63) is 0 Å². The minimum absolute atomic E-state index is 0.0227. The van der Waals surface area contributed by atoms with E-state index < -0.39 is 18.3 Å². The smallest absolute Gasteiger partial charge is 0.376 e. The van der Waals surface area contributed by atoms with Gasteiger partial charge >= 0.3 is 11.9 Å². The highest BCUT2D eigenvalue weighted by molar-refractivity contribution is 5.77. The maximum Gasteiger partial charge on any atom is 0.376 e. The maximum absolute atomic E-state index is 13.3. The Labute approximate surface area is 87.7 Å². The summed E-state index contributed by atoms with van der Waals surface area (Å²) in [6.07, 6.45) is -0.479. The van der Waals surface area contributed by atoms with E-state index >= 15 is 0 Å². The molecule has 1 aliphatic rings. The van der Waals surface area contributed by atoms with Crippen molar-refractivity contribution in [1.29, 1.82) is 0 Å². The first kappa shape index (κ1) is 12.4. The first-order valence-corrected chi connectivity index (χ1v) is 5.10. The first-order valence-electron chi connectivity index (χ1n) is 5.10. The molecule has 1 heterocycles. The molecule has 0 amide bonds. The Bertz CT molecular complexity index is 231. The van der Waals surface area contributed by atoms with Crippen molar-refractivity contribution in [2.45, 2.75) is 26.2 Å². The predicted molar refractivity (Wildman–Crippen MR) is 49.7 cm³/mol. The van der Waals surface area contributed by atoms with Gasteiger partial charge in [0.2, 0.25) is 0 Å². The van der Waals surface area contributed by atoms with Crippen LogP contribution in [-0.2, 0) is 14.3 Å². The van der Waals surface area contributed by atoms with E-state index in [-0.39, 0.29) is 18.4 Å². The molecular weight excluding hydrogens is 206 g/mol. The molecule has 5 heteroatoms. The fourth-order valence-corrected chi connectivity index (χ4v) is 1.62. The van der Waals surface area contributed by atoms with E-state index in [4.69, 9.17) is 4.74 Å². The van der Waals surface area contributed by atoms with Gasteiger partial charge in [-0.25, -0.2) is 4.79 Å². The zero-order valence-electron chi connectivity index (χ0n) is 8.96. The summed E-state index contributed by atoms with van der Waals surface area (Å²) in [5, 5.41) is 0. The SMILES string of the molecule is CCOC(=O)C(F)(F)CC1COCC1C. The number of ether oxygens (including phenoxy) is 2. The number of alkyl halides is 2. The van der Waals surface area contributed by atoms with Crippen LogP contribution in [0.2, 0.25) is 0 Å². The first-order chi connectivity index (χ1) is 6.97. The molecule has 0 aromatic carbocycles. The van der Waals surface area contributed by atoms with Crippen molar-refractivity contribution in [3.63, 3.8) is 0 Å². The Morgan fingerprint density at radius 1 is 1.53 bits per heavy atom. The Morgan fingerprint density at radius 2 is 2.20 bits per heavy atom. The topological polar surface area (TPSA) is 35.5 Å². The summed E-state index contributed by atoms with van der Waals surface area (Å²) < 4.78 is 36.0. The number of hydrogen-bond acceptors (Lipinski definition) is 3. The van der Waals surface area contributed by atoms with E-state index in [9.17, 15) is 13.6 Å². The number of rotatable bonds is 4. The van der Waals surface area contributed by atoms with Gasteiger partial charge in [0, 0.05) is 19.6 Å². The van der Waals surface area contributed by atoms with Gasteiger partial charge in [-0.2, -0.15) is 8.78 Å². The standard InChI is InChI=1S/C10H16F2O3/c1-3-15-9(13)10(11,12)4-8-6-14-5-7(8)2/h7-8H,3-6H2,1-2H3.